The molecule has 0 N–H and O–H groups in total. The Balaban J connectivity index is 2.03. The highest BCUT2D eigenvalue weighted by molar-refractivity contribution is 5.78. The highest BCUT2D eigenvalue weighted by atomic mass is 16.2. The van der Waals surface area contributed by atoms with Crippen LogP contribution in [0.1, 0.15) is 33.1 Å². The number of likely N-dealkylation sites (tertiary alicyclic amines) is 1. The van der Waals surface area contributed by atoms with Crippen LogP contribution in [0, 0.1) is 5.92 Å². The maximum absolute atomic E-state index is 11.9. The van der Waals surface area contributed by atoms with Crippen molar-refractivity contribution in [3.63, 3.8) is 0 Å². The van der Waals surface area contributed by atoms with Crippen LogP contribution in [0.5, 0.6) is 0 Å². The lowest BCUT2D eigenvalue weighted by molar-refractivity contribution is -0.134. The van der Waals surface area contributed by atoms with E-state index in [0.717, 1.165) is 25.6 Å². The van der Waals surface area contributed by atoms with Gasteiger partial charge in [-0.05, 0) is 26.3 Å². The molecule has 2 rings (SSSR count). The number of carbonyl (C=O) groups excluding carboxylic acids is 1. The largest absolute Gasteiger partial charge is 0.341 e. The molecular formula is C12H22N2O. The number of likely N-dealkylation sites (N-methyl/N-ethyl adjacent to an activating group) is 1. The van der Waals surface area contributed by atoms with Crippen LogP contribution in [-0.4, -0.2) is 47.9 Å². The summed E-state index contributed by atoms with van der Waals surface area (Å²) in [7, 11) is 2.21. The van der Waals surface area contributed by atoms with Crippen LogP contribution in [0.4, 0.5) is 0 Å². The van der Waals surface area contributed by atoms with Gasteiger partial charge in [-0.25, -0.2) is 0 Å². The predicted molar refractivity (Wildman–Crippen MR) is 60.6 cm³/mol. The maximum Gasteiger partial charge on any atom is 0.225 e. The Hall–Kier alpha value is -0.570. The van der Waals surface area contributed by atoms with E-state index in [1.807, 2.05) is 13.8 Å². The maximum atomic E-state index is 11.9. The van der Waals surface area contributed by atoms with E-state index in [1.54, 1.807) is 0 Å². The van der Waals surface area contributed by atoms with E-state index in [-0.39, 0.29) is 5.92 Å². The normalized spacial score (nSPS) is 32.1. The number of rotatable bonds is 1. The van der Waals surface area contributed by atoms with Gasteiger partial charge in [-0.15, -0.1) is 0 Å². The van der Waals surface area contributed by atoms with Gasteiger partial charge in [0.15, 0.2) is 0 Å². The molecule has 86 valence electrons. The van der Waals surface area contributed by atoms with Crippen LogP contribution in [0.3, 0.4) is 0 Å². The lowest BCUT2D eigenvalue weighted by Gasteiger charge is -2.27. The van der Waals surface area contributed by atoms with Gasteiger partial charge < -0.3 is 4.90 Å². The summed E-state index contributed by atoms with van der Waals surface area (Å²) in [5.74, 6) is 0.475. The molecule has 0 saturated carbocycles. The van der Waals surface area contributed by atoms with Crippen molar-refractivity contribution >= 4 is 5.91 Å². The average Bonchev–Trinajstić information content (AvgIpc) is 2.40. The van der Waals surface area contributed by atoms with E-state index < -0.39 is 0 Å². The van der Waals surface area contributed by atoms with Gasteiger partial charge in [0, 0.05) is 31.1 Å². The number of fused-ring (bicyclic) bond motifs is 2. The summed E-state index contributed by atoms with van der Waals surface area (Å²) in [6, 6.07) is 1.33. The molecule has 2 bridgehead atoms. The van der Waals surface area contributed by atoms with Crippen molar-refractivity contribution in [2.45, 2.75) is 45.2 Å². The van der Waals surface area contributed by atoms with Crippen molar-refractivity contribution in [1.82, 2.24) is 9.80 Å². The molecule has 2 aliphatic rings. The molecule has 0 aromatic heterocycles. The molecule has 2 heterocycles. The Morgan fingerprint density at radius 1 is 1.20 bits per heavy atom. The lowest BCUT2D eigenvalue weighted by Crippen LogP contribution is -2.41. The zero-order valence-corrected chi connectivity index (χ0v) is 10.1. The molecule has 2 unspecified atom stereocenters. The zero-order chi connectivity index (χ0) is 11.0. The number of nitrogens with zero attached hydrogens (tertiary/aromatic N) is 2. The summed E-state index contributed by atoms with van der Waals surface area (Å²) in [6.07, 6.45) is 3.75. The second-order valence-corrected chi connectivity index (χ2v) is 5.28. The standard InChI is InChI=1S/C12H22N2O/c1-9(2)12(15)14-7-6-10-4-5-11(8-14)13(10)3/h9-11H,4-8H2,1-3H3. The Kier molecular flexibility index (Phi) is 3.01. The fourth-order valence-electron chi connectivity index (χ4n) is 2.87. The van der Waals surface area contributed by atoms with Crippen molar-refractivity contribution in [3.05, 3.63) is 0 Å². The number of amides is 1. The Labute approximate surface area is 92.4 Å². The molecular weight excluding hydrogens is 188 g/mol. The second-order valence-electron chi connectivity index (χ2n) is 5.28. The first-order valence-electron chi connectivity index (χ1n) is 6.10. The van der Waals surface area contributed by atoms with Crippen LogP contribution in [0.15, 0.2) is 0 Å². The van der Waals surface area contributed by atoms with Crippen LogP contribution in [0.25, 0.3) is 0 Å². The molecule has 1 amide bonds. The Morgan fingerprint density at radius 2 is 1.87 bits per heavy atom. The average molecular weight is 210 g/mol. The molecule has 0 aliphatic carbocycles. The van der Waals surface area contributed by atoms with E-state index in [0.29, 0.717) is 11.9 Å². The molecule has 2 aliphatic heterocycles. The topological polar surface area (TPSA) is 23.6 Å². The minimum atomic E-state index is 0.145. The van der Waals surface area contributed by atoms with Gasteiger partial charge in [0.1, 0.15) is 0 Å². The van der Waals surface area contributed by atoms with Gasteiger partial charge >= 0.3 is 0 Å². The quantitative estimate of drug-likeness (QED) is 0.652. The third kappa shape index (κ3) is 2.03. The molecule has 0 spiro atoms. The van der Waals surface area contributed by atoms with E-state index in [1.165, 1.54) is 12.8 Å². The summed E-state index contributed by atoms with van der Waals surface area (Å²) < 4.78 is 0. The van der Waals surface area contributed by atoms with Gasteiger partial charge in [0.2, 0.25) is 5.91 Å². The van der Waals surface area contributed by atoms with Gasteiger partial charge in [-0.2, -0.15) is 0 Å². The van der Waals surface area contributed by atoms with Gasteiger partial charge in [0.25, 0.3) is 0 Å². The Bertz CT molecular complexity index is 252. The molecule has 3 nitrogen and oxygen atoms in total. The fourth-order valence-corrected chi connectivity index (χ4v) is 2.87. The third-order valence-electron chi connectivity index (χ3n) is 3.95. The van der Waals surface area contributed by atoms with E-state index in [4.69, 9.17) is 0 Å². The Morgan fingerprint density at radius 3 is 2.53 bits per heavy atom. The molecule has 15 heavy (non-hydrogen) atoms. The molecule has 3 heteroatoms. The van der Waals surface area contributed by atoms with Gasteiger partial charge in [0.05, 0.1) is 0 Å². The first-order valence-corrected chi connectivity index (χ1v) is 6.10. The zero-order valence-electron chi connectivity index (χ0n) is 10.1. The molecule has 2 atom stereocenters. The first-order chi connectivity index (χ1) is 7.09. The molecule has 0 aromatic carbocycles. The number of hydrogen-bond donors (Lipinski definition) is 0. The van der Waals surface area contributed by atoms with Crippen molar-refractivity contribution in [2.24, 2.45) is 5.92 Å². The van der Waals surface area contributed by atoms with Crippen LogP contribution < -0.4 is 0 Å². The minimum Gasteiger partial charge on any atom is -0.341 e. The monoisotopic (exact) mass is 210 g/mol. The summed E-state index contributed by atoms with van der Waals surface area (Å²) in [5, 5.41) is 0. The predicted octanol–water partition coefficient (Wildman–Crippen LogP) is 1.34. The van der Waals surface area contributed by atoms with Crippen LogP contribution >= 0.6 is 0 Å². The van der Waals surface area contributed by atoms with Crippen molar-refractivity contribution in [2.75, 3.05) is 20.1 Å². The fraction of sp³-hybridized carbons (Fsp3) is 0.917. The van der Waals surface area contributed by atoms with Crippen molar-refractivity contribution in [3.8, 4) is 0 Å². The smallest absolute Gasteiger partial charge is 0.225 e. The summed E-state index contributed by atoms with van der Waals surface area (Å²) in [6.45, 7) is 5.90. The SMILES string of the molecule is CC(C)C(=O)N1CCC2CCC(C1)N2C. The van der Waals surface area contributed by atoms with E-state index in [9.17, 15) is 4.79 Å². The van der Waals surface area contributed by atoms with E-state index >= 15 is 0 Å². The van der Waals surface area contributed by atoms with E-state index in [2.05, 4.69) is 16.8 Å². The molecule has 2 fully saturated rings. The highest BCUT2D eigenvalue weighted by Crippen LogP contribution is 2.28. The third-order valence-corrected chi connectivity index (χ3v) is 3.95. The highest BCUT2D eigenvalue weighted by Gasteiger charge is 2.36. The molecule has 0 radical (unpaired) electrons. The lowest BCUT2D eigenvalue weighted by atomic mass is 10.1. The van der Waals surface area contributed by atoms with Gasteiger partial charge in [-0.1, -0.05) is 13.8 Å². The number of hydrogen-bond acceptors (Lipinski definition) is 2. The van der Waals surface area contributed by atoms with Crippen molar-refractivity contribution in [1.29, 1.82) is 0 Å². The minimum absolute atomic E-state index is 0.145. The summed E-state index contributed by atoms with van der Waals surface area (Å²) in [5.41, 5.74) is 0. The van der Waals surface area contributed by atoms with Crippen LogP contribution in [0.2, 0.25) is 0 Å². The van der Waals surface area contributed by atoms with Crippen LogP contribution in [-0.2, 0) is 4.79 Å². The molecule has 0 aromatic rings. The summed E-state index contributed by atoms with van der Waals surface area (Å²) in [4.78, 5) is 16.5. The molecule has 2 saturated heterocycles. The first kappa shape index (κ1) is 10.9. The summed E-state index contributed by atoms with van der Waals surface area (Å²) >= 11 is 0. The van der Waals surface area contributed by atoms with Crippen molar-refractivity contribution < 1.29 is 4.79 Å². The second kappa shape index (κ2) is 4.12. The number of carbonyl (C=O) groups is 1. The van der Waals surface area contributed by atoms with Gasteiger partial charge in [-0.3, -0.25) is 9.69 Å².